The average molecular weight is 251 g/mol. The SMILES string of the molecule is CCOc1ccnc(N2CC(C)C(C(=O)O)C2)n1. The third-order valence-corrected chi connectivity index (χ3v) is 3.12. The first kappa shape index (κ1) is 12.6. The van der Waals surface area contributed by atoms with Crippen LogP contribution in [0.4, 0.5) is 5.95 Å². The number of aliphatic carboxylic acids is 1. The van der Waals surface area contributed by atoms with Crippen molar-refractivity contribution in [1.29, 1.82) is 0 Å². The zero-order valence-corrected chi connectivity index (χ0v) is 10.5. The van der Waals surface area contributed by atoms with Crippen molar-refractivity contribution in [3.8, 4) is 5.88 Å². The fraction of sp³-hybridized carbons (Fsp3) is 0.583. The van der Waals surface area contributed by atoms with E-state index in [-0.39, 0.29) is 11.8 Å². The number of nitrogens with zero attached hydrogens (tertiary/aromatic N) is 3. The van der Waals surface area contributed by atoms with Crippen LogP contribution in [-0.4, -0.2) is 40.7 Å². The van der Waals surface area contributed by atoms with Gasteiger partial charge in [-0.15, -0.1) is 0 Å². The molecule has 1 fully saturated rings. The van der Waals surface area contributed by atoms with E-state index < -0.39 is 5.97 Å². The van der Waals surface area contributed by atoms with E-state index in [4.69, 9.17) is 9.84 Å². The molecule has 18 heavy (non-hydrogen) atoms. The Bertz CT molecular complexity index is 438. The Labute approximate surface area is 106 Å². The molecule has 2 heterocycles. The number of ether oxygens (including phenoxy) is 1. The average Bonchev–Trinajstić information content (AvgIpc) is 2.72. The van der Waals surface area contributed by atoms with Gasteiger partial charge in [0.05, 0.1) is 12.5 Å². The number of anilines is 1. The number of aromatic nitrogens is 2. The van der Waals surface area contributed by atoms with Gasteiger partial charge >= 0.3 is 5.97 Å². The van der Waals surface area contributed by atoms with Gasteiger partial charge in [-0.1, -0.05) is 6.92 Å². The van der Waals surface area contributed by atoms with Crippen LogP contribution in [-0.2, 0) is 4.79 Å². The van der Waals surface area contributed by atoms with Crippen molar-refractivity contribution >= 4 is 11.9 Å². The Hall–Kier alpha value is -1.85. The van der Waals surface area contributed by atoms with Gasteiger partial charge < -0.3 is 14.7 Å². The Balaban J connectivity index is 2.13. The molecule has 98 valence electrons. The smallest absolute Gasteiger partial charge is 0.308 e. The second kappa shape index (κ2) is 5.20. The second-order valence-electron chi connectivity index (χ2n) is 4.45. The Morgan fingerprint density at radius 1 is 1.61 bits per heavy atom. The number of rotatable bonds is 4. The Morgan fingerprint density at radius 2 is 2.39 bits per heavy atom. The first-order chi connectivity index (χ1) is 8.61. The van der Waals surface area contributed by atoms with Crippen LogP contribution in [0.5, 0.6) is 5.88 Å². The summed E-state index contributed by atoms with van der Waals surface area (Å²) in [6.07, 6.45) is 1.63. The van der Waals surface area contributed by atoms with E-state index in [0.717, 1.165) is 0 Å². The second-order valence-corrected chi connectivity index (χ2v) is 4.45. The zero-order valence-electron chi connectivity index (χ0n) is 10.5. The molecule has 6 nitrogen and oxygen atoms in total. The lowest BCUT2D eigenvalue weighted by Crippen LogP contribution is -2.24. The molecule has 1 aliphatic heterocycles. The van der Waals surface area contributed by atoms with Gasteiger partial charge in [-0.25, -0.2) is 4.98 Å². The highest BCUT2D eigenvalue weighted by Gasteiger charge is 2.35. The minimum Gasteiger partial charge on any atom is -0.481 e. The van der Waals surface area contributed by atoms with Gasteiger partial charge in [0, 0.05) is 25.4 Å². The van der Waals surface area contributed by atoms with Gasteiger partial charge in [0.15, 0.2) is 0 Å². The lowest BCUT2D eigenvalue weighted by Gasteiger charge is -2.15. The van der Waals surface area contributed by atoms with Crippen LogP contribution >= 0.6 is 0 Å². The molecule has 2 rings (SSSR count). The van der Waals surface area contributed by atoms with E-state index >= 15 is 0 Å². The van der Waals surface area contributed by atoms with Crippen LogP contribution in [0.3, 0.4) is 0 Å². The van der Waals surface area contributed by atoms with Gasteiger partial charge in [0.25, 0.3) is 0 Å². The standard InChI is InChI=1S/C12H17N3O3/c1-3-18-10-4-5-13-12(14-10)15-6-8(2)9(7-15)11(16)17/h4-5,8-9H,3,6-7H2,1-2H3,(H,16,17). The molecule has 0 amide bonds. The summed E-state index contributed by atoms with van der Waals surface area (Å²) in [4.78, 5) is 21.4. The van der Waals surface area contributed by atoms with E-state index in [2.05, 4.69) is 9.97 Å². The molecule has 0 aromatic carbocycles. The van der Waals surface area contributed by atoms with E-state index in [9.17, 15) is 4.79 Å². The van der Waals surface area contributed by atoms with Crippen LogP contribution in [0.15, 0.2) is 12.3 Å². The fourth-order valence-electron chi connectivity index (χ4n) is 2.16. The molecular weight excluding hydrogens is 234 g/mol. The first-order valence-corrected chi connectivity index (χ1v) is 6.05. The molecule has 0 aliphatic carbocycles. The summed E-state index contributed by atoms with van der Waals surface area (Å²) in [6, 6.07) is 1.70. The van der Waals surface area contributed by atoms with Crippen LogP contribution in [0.1, 0.15) is 13.8 Å². The minimum absolute atomic E-state index is 0.0989. The predicted octanol–water partition coefficient (Wildman–Crippen LogP) is 1.03. The van der Waals surface area contributed by atoms with Crippen LogP contribution in [0, 0.1) is 11.8 Å². The summed E-state index contributed by atoms with van der Waals surface area (Å²) in [5, 5.41) is 9.09. The maximum absolute atomic E-state index is 11.1. The molecule has 0 bridgehead atoms. The number of carboxylic acids is 1. The number of hydrogen-bond acceptors (Lipinski definition) is 5. The van der Waals surface area contributed by atoms with Gasteiger partial charge in [0.2, 0.25) is 11.8 Å². The zero-order chi connectivity index (χ0) is 13.1. The van der Waals surface area contributed by atoms with Gasteiger partial charge in [-0.2, -0.15) is 4.98 Å². The molecule has 1 aliphatic rings. The van der Waals surface area contributed by atoms with Crippen LogP contribution in [0.25, 0.3) is 0 Å². The molecule has 0 saturated carbocycles. The van der Waals surface area contributed by atoms with Crippen molar-refractivity contribution in [2.45, 2.75) is 13.8 Å². The summed E-state index contributed by atoms with van der Waals surface area (Å²) in [6.45, 7) is 5.48. The van der Waals surface area contributed by atoms with Crippen molar-refractivity contribution in [2.75, 3.05) is 24.6 Å². The molecule has 1 aromatic rings. The van der Waals surface area contributed by atoms with Gasteiger partial charge in [-0.3, -0.25) is 4.79 Å². The van der Waals surface area contributed by atoms with Gasteiger partial charge in [0.1, 0.15) is 0 Å². The molecule has 0 spiro atoms. The monoisotopic (exact) mass is 251 g/mol. The van der Waals surface area contributed by atoms with Crippen molar-refractivity contribution in [3.63, 3.8) is 0 Å². The minimum atomic E-state index is -0.758. The summed E-state index contributed by atoms with van der Waals surface area (Å²) < 4.78 is 5.31. The largest absolute Gasteiger partial charge is 0.481 e. The molecule has 1 N–H and O–H groups in total. The van der Waals surface area contributed by atoms with Crippen LogP contribution < -0.4 is 9.64 Å². The highest BCUT2D eigenvalue weighted by Crippen LogP contribution is 2.26. The molecule has 0 radical (unpaired) electrons. The predicted molar refractivity (Wildman–Crippen MR) is 65.7 cm³/mol. The Kier molecular flexibility index (Phi) is 3.64. The highest BCUT2D eigenvalue weighted by atomic mass is 16.5. The van der Waals surface area contributed by atoms with Crippen molar-refractivity contribution in [2.24, 2.45) is 11.8 Å². The van der Waals surface area contributed by atoms with E-state index in [1.165, 1.54) is 0 Å². The highest BCUT2D eigenvalue weighted by molar-refractivity contribution is 5.72. The molecule has 6 heteroatoms. The summed E-state index contributed by atoms with van der Waals surface area (Å²) in [5.74, 6) is 0.0441. The maximum Gasteiger partial charge on any atom is 0.308 e. The number of carboxylic acid groups (broad SMARTS) is 1. The third-order valence-electron chi connectivity index (χ3n) is 3.12. The molecule has 1 aromatic heterocycles. The van der Waals surface area contributed by atoms with Gasteiger partial charge in [-0.05, 0) is 12.8 Å². The van der Waals surface area contributed by atoms with E-state index in [0.29, 0.717) is 31.5 Å². The first-order valence-electron chi connectivity index (χ1n) is 6.05. The number of carbonyl (C=O) groups is 1. The quantitative estimate of drug-likeness (QED) is 0.861. The fourth-order valence-corrected chi connectivity index (χ4v) is 2.16. The topological polar surface area (TPSA) is 75.5 Å². The van der Waals surface area contributed by atoms with Crippen LogP contribution in [0.2, 0.25) is 0 Å². The van der Waals surface area contributed by atoms with Crippen molar-refractivity contribution in [1.82, 2.24) is 9.97 Å². The van der Waals surface area contributed by atoms with E-state index in [1.807, 2.05) is 18.7 Å². The normalized spacial score (nSPS) is 23.1. The van der Waals surface area contributed by atoms with Crippen molar-refractivity contribution < 1.29 is 14.6 Å². The third kappa shape index (κ3) is 2.52. The number of hydrogen-bond donors (Lipinski definition) is 1. The molecule has 1 saturated heterocycles. The molecule has 2 unspecified atom stereocenters. The summed E-state index contributed by atoms with van der Waals surface area (Å²) in [5.41, 5.74) is 0. The van der Waals surface area contributed by atoms with E-state index in [1.54, 1.807) is 12.3 Å². The summed E-state index contributed by atoms with van der Waals surface area (Å²) in [7, 11) is 0. The maximum atomic E-state index is 11.1. The lowest BCUT2D eigenvalue weighted by atomic mass is 9.99. The van der Waals surface area contributed by atoms with Crippen molar-refractivity contribution in [3.05, 3.63) is 12.3 Å². The lowest BCUT2D eigenvalue weighted by molar-refractivity contribution is -0.142. The Morgan fingerprint density at radius 3 is 3.00 bits per heavy atom. The molecule has 2 atom stereocenters. The molecular formula is C12H17N3O3. The summed E-state index contributed by atoms with van der Waals surface area (Å²) >= 11 is 0.